The van der Waals surface area contributed by atoms with Crippen LogP contribution in [0.15, 0.2) is 48.7 Å². The third-order valence-corrected chi connectivity index (χ3v) is 5.54. The van der Waals surface area contributed by atoms with Crippen molar-refractivity contribution < 1.29 is 32.2 Å². The molecular formula is C23H20F3N3O4. The average Bonchev–Trinajstić information content (AvgIpc) is 3.26. The van der Waals surface area contributed by atoms with Crippen molar-refractivity contribution in [3.63, 3.8) is 0 Å². The number of rotatable bonds is 3. The maximum absolute atomic E-state index is 12.9. The van der Waals surface area contributed by atoms with Gasteiger partial charge in [0, 0.05) is 17.6 Å². The van der Waals surface area contributed by atoms with Gasteiger partial charge in [-0.2, -0.15) is 13.2 Å². The SMILES string of the molecule is CC1(C)O[C@H]2CN(C(=O)c3ccc4cc(Oc5ccc(C(F)(F)F)cn5)ccc4n3)C[C@H]2O1. The third kappa shape index (κ3) is 4.36. The van der Waals surface area contributed by atoms with Crippen LogP contribution in [0.25, 0.3) is 10.9 Å². The molecule has 2 aromatic heterocycles. The summed E-state index contributed by atoms with van der Waals surface area (Å²) in [6.45, 7) is 4.60. The van der Waals surface area contributed by atoms with Gasteiger partial charge >= 0.3 is 6.18 Å². The first-order valence-corrected chi connectivity index (χ1v) is 10.3. The summed E-state index contributed by atoms with van der Waals surface area (Å²) in [7, 11) is 0. The Labute approximate surface area is 187 Å². The topological polar surface area (TPSA) is 73.8 Å². The van der Waals surface area contributed by atoms with Crippen molar-refractivity contribution in [2.75, 3.05) is 13.1 Å². The van der Waals surface area contributed by atoms with Crippen molar-refractivity contribution in [1.82, 2.24) is 14.9 Å². The highest BCUT2D eigenvalue weighted by molar-refractivity contribution is 5.95. The Morgan fingerprint density at radius 1 is 1.09 bits per heavy atom. The highest BCUT2D eigenvalue weighted by atomic mass is 19.4. The van der Waals surface area contributed by atoms with Gasteiger partial charge in [-0.1, -0.05) is 6.07 Å². The highest BCUT2D eigenvalue weighted by Gasteiger charge is 2.48. The lowest BCUT2D eigenvalue weighted by molar-refractivity contribution is -0.153. The quantitative estimate of drug-likeness (QED) is 0.578. The first-order valence-electron chi connectivity index (χ1n) is 10.3. The Morgan fingerprint density at radius 2 is 1.82 bits per heavy atom. The number of aromatic nitrogens is 2. The summed E-state index contributed by atoms with van der Waals surface area (Å²) in [5, 5.41) is 0.711. The summed E-state index contributed by atoms with van der Waals surface area (Å²) < 4.78 is 55.2. The van der Waals surface area contributed by atoms with E-state index in [2.05, 4.69) is 9.97 Å². The number of alkyl halides is 3. The molecule has 0 unspecified atom stereocenters. The Kier molecular flexibility index (Phi) is 5.02. The number of amides is 1. The minimum absolute atomic E-state index is 0.0364. The summed E-state index contributed by atoms with van der Waals surface area (Å²) in [5.74, 6) is -0.416. The Morgan fingerprint density at radius 3 is 2.45 bits per heavy atom. The van der Waals surface area contributed by atoms with Crippen LogP contribution >= 0.6 is 0 Å². The number of nitrogens with zero attached hydrogens (tertiary/aromatic N) is 3. The van der Waals surface area contributed by atoms with Crippen molar-refractivity contribution >= 4 is 16.8 Å². The van der Waals surface area contributed by atoms with Crippen LogP contribution in [0, 0.1) is 0 Å². The molecule has 33 heavy (non-hydrogen) atoms. The highest BCUT2D eigenvalue weighted by Crippen LogP contribution is 2.34. The molecule has 1 amide bonds. The Hall–Kier alpha value is -3.24. The molecule has 0 radical (unpaired) electrons. The number of likely N-dealkylation sites (tertiary alicyclic amines) is 1. The number of carbonyl (C=O) groups is 1. The van der Waals surface area contributed by atoms with Crippen LogP contribution in [0.3, 0.4) is 0 Å². The van der Waals surface area contributed by atoms with Gasteiger partial charge in [-0.05, 0) is 44.2 Å². The fraction of sp³-hybridized carbons (Fsp3) is 0.348. The van der Waals surface area contributed by atoms with Crippen molar-refractivity contribution in [2.24, 2.45) is 0 Å². The van der Waals surface area contributed by atoms with Crippen LogP contribution in [0.2, 0.25) is 0 Å². The lowest BCUT2D eigenvalue weighted by Crippen LogP contribution is -2.34. The number of fused-ring (bicyclic) bond motifs is 2. The zero-order valence-electron chi connectivity index (χ0n) is 17.8. The number of benzene rings is 1. The molecule has 3 aromatic rings. The fourth-order valence-corrected chi connectivity index (χ4v) is 4.07. The van der Waals surface area contributed by atoms with Gasteiger partial charge in [0.25, 0.3) is 5.91 Å². The lowest BCUT2D eigenvalue weighted by atomic mass is 10.2. The molecule has 0 spiro atoms. The second-order valence-corrected chi connectivity index (χ2v) is 8.46. The molecule has 2 saturated heterocycles. The van der Waals surface area contributed by atoms with E-state index >= 15 is 0 Å². The number of pyridine rings is 2. The molecule has 2 atom stereocenters. The summed E-state index contributed by atoms with van der Waals surface area (Å²) in [6.07, 6.45) is -4.04. The van der Waals surface area contributed by atoms with Gasteiger partial charge in [-0.15, -0.1) is 0 Å². The van der Waals surface area contributed by atoms with Gasteiger partial charge in [0.15, 0.2) is 5.79 Å². The van der Waals surface area contributed by atoms with Gasteiger partial charge in [-0.3, -0.25) is 4.79 Å². The number of hydrogen-bond acceptors (Lipinski definition) is 6. The lowest BCUT2D eigenvalue weighted by Gasteiger charge is -2.22. The minimum atomic E-state index is -4.46. The molecule has 0 bridgehead atoms. The molecule has 2 aliphatic heterocycles. The van der Waals surface area contributed by atoms with E-state index in [1.165, 1.54) is 0 Å². The monoisotopic (exact) mass is 459 g/mol. The smallest absolute Gasteiger partial charge is 0.417 e. The van der Waals surface area contributed by atoms with Crippen LogP contribution in [0.4, 0.5) is 13.2 Å². The summed E-state index contributed by atoms with van der Waals surface area (Å²) in [6, 6.07) is 10.4. The fourth-order valence-electron chi connectivity index (χ4n) is 4.07. The molecule has 0 N–H and O–H groups in total. The van der Waals surface area contributed by atoms with Gasteiger partial charge in [-0.25, -0.2) is 9.97 Å². The molecule has 5 rings (SSSR count). The second kappa shape index (κ2) is 7.67. The van der Waals surface area contributed by atoms with Crippen molar-refractivity contribution in [2.45, 2.75) is 38.0 Å². The standard InChI is InChI=1S/C23H20F3N3O4/c1-22(2)32-18-11-29(12-19(18)33-22)21(30)17-6-3-13-9-15(5-7-16(13)28-17)31-20-8-4-14(10-27-20)23(24,25)26/h3-10,18-19H,11-12H2,1-2H3/t18-,19+. The first kappa shape index (κ1) is 21.6. The van der Waals surface area contributed by atoms with Crippen LogP contribution in [0.5, 0.6) is 11.6 Å². The number of hydrogen-bond donors (Lipinski definition) is 0. The summed E-state index contributed by atoms with van der Waals surface area (Å²) in [4.78, 5) is 22.8. The maximum atomic E-state index is 12.9. The van der Waals surface area contributed by atoms with E-state index in [9.17, 15) is 18.0 Å². The molecule has 0 aliphatic carbocycles. The van der Waals surface area contributed by atoms with Crippen molar-refractivity contribution in [3.05, 3.63) is 59.9 Å². The number of halogens is 3. The summed E-state index contributed by atoms with van der Waals surface area (Å²) in [5.41, 5.74) is 0.0413. The van der Waals surface area contributed by atoms with Gasteiger partial charge < -0.3 is 19.1 Å². The van der Waals surface area contributed by atoms with Crippen LogP contribution < -0.4 is 4.74 Å². The predicted octanol–water partition coefficient (Wildman–Crippen LogP) is 4.42. The predicted molar refractivity (Wildman–Crippen MR) is 111 cm³/mol. The normalized spacial score (nSPS) is 21.9. The molecule has 0 saturated carbocycles. The number of ether oxygens (including phenoxy) is 3. The third-order valence-electron chi connectivity index (χ3n) is 5.54. The Balaban J connectivity index is 1.29. The van der Waals surface area contributed by atoms with E-state index in [0.717, 1.165) is 18.3 Å². The second-order valence-electron chi connectivity index (χ2n) is 8.46. The molecule has 10 heteroatoms. The Bertz CT molecular complexity index is 1200. The number of carbonyl (C=O) groups excluding carboxylic acids is 1. The van der Waals surface area contributed by atoms with E-state index in [-0.39, 0.29) is 24.0 Å². The van der Waals surface area contributed by atoms with Gasteiger partial charge in [0.2, 0.25) is 5.88 Å². The van der Waals surface area contributed by atoms with Crippen molar-refractivity contribution in [3.8, 4) is 11.6 Å². The first-order chi connectivity index (χ1) is 15.6. The molecule has 172 valence electrons. The van der Waals surface area contributed by atoms with E-state index in [1.807, 2.05) is 13.8 Å². The van der Waals surface area contributed by atoms with Crippen LogP contribution in [0.1, 0.15) is 29.9 Å². The summed E-state index contributed by atoms with van der Waals surface area (Å²) >= 11 is 0. The van der Waals surface area contributed by atoms with Crippen LogP contribution in [-0.4, -0.2) is 51.9 Å². The molecule has 7 nitrogen and oxygen atoms in total. The largest absolute Gasteiger partial charge is 0.439 e. The minimum Gasteiger partial charge on any atom is -0.439 e. The van der Waals surface area contributed by atoms with Gasteiger partial charge in [0.1, 0.15) is 23.7 Å². The van der Waals surface area contributed by atoms with E-state index in [1.54, 1.807) is 35.2 Å². The molecule has 2 fully saturated rings. The van der Waals surface area contributed by atoms with Crippen LogP contribution in [-0.2, 0) is 15.7 Å². The van der Waals surface area contributed by atoms with Gasteiger partial charge in [0.05, 0.1) is 24.2 Å². The zero-order valence-corrected chi connectivity index (χ0v) is 17.8. The van der Waals surface area contributed by atoms with E-state index in [0.29, 0.717) is 35.4 Å². The average molecular weight is 459 g/mol. The van der Waals surface area contributed by atoms with E-state index < -0.39 is 17.5 Å². The molecule has 4 heterocycles. The molecule has 2 aliphatic rings. The van der Waals surface area contributed by atoms with Crippen molar-refractivity contribution in [1.29, 1.82) is 0 Å². The molecular weight excluding hydrogens is 439 g/mol. The molecule has 1 aromatic carbocycles. The maximum Gasteiger partial charge on any atom is 0.417 e. The zero-order chi connectivity index (χ0) is 23.4. The van der Waals surface area contributed by atoms with E-state index in [4.69, 9.17) is 14.2 Å².